The maximum Gasteiger partial charge on any atom is 0.418 e. The van der Waals surface area contributed by atoms with Crippen LogP contribution in [-0.2, 0) is 6.18 Å². The number of likely N-dealkylation sites (tertiary alicyclic amines) is 1. The van der Waals surface area contributed by atoms with Crippen LogP contribution in [0.3, 0.4) is 0 Å². The highest BCUT2D eigenvalue weighted by atomic mass is 19.4. The van der Waals surface area contributed by atoms with Gasteiger partial charge in [-0.05, 0) is 19.2 Å². The fourth-order valence-electron chi connectivity index (χ4n) is 3.62. The predicted molar refractivity (Wildman–Crippen MR) is 80.4 cm³/mol. The third kappa shape index (κ3) is 2.60. The monoisotopic (exact) mass is 354 g/mol. The first-order valence-corrected chi connectivity index (χ1v) is 7.70. The second-order valence-corrected chi connectivity index (χ2v) is 6.48. The summed E-state index contributed by atoms with van der Waals surface area (Å²) in [6.07, 6.45) is -3.75. The Kier molecular flexibility index (Phi) is 3.44. The Morgan fingerprint density at radius 2 is 1.88 bits per heavy atom. The molecule has 4 nitrogen and oxygen atoms in total. The summed E-state index contributed by atoms with van der Waals surface area (Å²) in [5.41, 5.74) is 0.0649. The van der Waals surface area contributed by atoms with Crippen LogP contribution in [0.2, 0.25) is 0 Å². The smallest absolute Gasteiger partial charge is 0.418 e. The lowest BCUT2D eigenvalue weighted by Gasteiger charge is -2.17. The highest BCUT2D eigenvalue weighted by molar-refractivity contribution is 5.52. The highest BCUT2D eigenvalue weighted by Gasteiger charge is 2.41. The molecule has 8 heteroatoms. The molecule has 2 unspecified atom stereocenters. The number of hydrogen-bond acceptors (Lipinski definition) is 4. The van der Waals surface area contributed by atoms with Gasteiger partial charge in [0.15, 0.2) is 11.6 Å². The molecule has 4 rings (SSSR count). The number of aromatic nitrogens is 1. The molecule has 1 aromatic carbocycles. The number of aromatic hydroxyl groups is 1. The lowest BCUT2D eigenvalue weighted by molar-refractivity contribution is -0.137. The minimum atomic E-state index is -4.55. The molecule has 0 aliphatic carbocycles. The Morgan fingerprint density at radius 3 is 2.60 bits per heavy atom. The van der Waals surface area contributed by atoms with Crippen molar-refractivity contribution in [1.29, 1.82) is 0 Å². The minimum absolute atomic E-state index is 0.0241. The zero-order valence-corrected chi connectivity index (χ0v) is 13.1. The molecular weight excluding hydrogens is 340 g/mol. The molecule has 2 aliphatic rings. The van der Waals surface area contributed by atoms with Gasteiger partial charge in [-0.15, -0.1) is 0 Å². The number of ether oxygens (including phenoxy) is 1. The van der Waals surface area contributed by atoms with Crippen molar-refractivity contribution >= 4 is 0 Å². The standard InChI is InChI=1S/C17H14F4N2O2/c1-23-6-10-9-3-13(24)12(18)4-14(9)25-15-2-8(17(19,20)21)5-22-16(15)11(10)7-23/h2-5,10-11,24H,6-7H2,1H3. The number of nitrogens with zero attached hydrogens (tertiary/aromatic N) is 2. The van der Waals surface area contributed by atoms with E-state index in [9.17, 15) is 22.7 Å². The number of fused-ring (bicyclic) bond motifs is 5. The van der Waals surface area contributed by atoms with E-state index in [2.05, 4.69) is 4.98 Å². The zero-order valence-electron chi connectivity index (χ0n) is 13.1. The van der Waals surface area contributed by atoms with Crippen molar-refractivity contribution in [2.75, 3.05) is 20.1 Å². The van der Waals surface area contributed by atoms with E-state index >= 15 is 0 Å². The first-order chi connectivity index (χ1) is 11.7. The molecule has 1 saturated heterocycles. The van der Waals surface area contributed by atoms with Gasteiger partial charge in [-0.1, -0.05) is 0 Å². The summed E-state index contributed by atoms with van der Waals surface area (Å²) in [7, 11) is 1.89. The maximum atomic E-state index is 13.8. The van der Waals surface area contributed by atoms with Crippen molar-refractivity contribution < 1.29 is 27.4 Å². The maximum absolute atomic E-state index is 13.8. The Balaban J connectivity index is 1.91. The normalized spacial score (nSPS) is 22.6. The SMILES string of the molecule is CN1CC2c3cc(O)c(F)cc3Oc3cc(C(F)(F)F)cnc3C2C1. The van der Waals surface area contributed by atoms with Crippen molar-refractivity contribution in [1.82, 2.24) is 9.88 Å². The fourth-order valence-corrected chi connectivity index (χ4v) is 3.62. The first-order valence-electron chi connectivity index (χ1n) is 7.70. The molecule has 132 valence electrons. The molecule has 0 spiro atoms. The minimum Gasteiger partial charge on any atom is -0.505 e. The van der Waals surface area contributed by atoms with E-state index in [1.165, 1.54) is 6.07 Å². The van der Waals surface area contributed by atoms with Gasteiger partial charge < -0.3 is 14.7 Å². The molecule has 3 heterocycles. The van der Waals surface area contributed by atoms with Crippen LogP contribution in [0.15, 0.2) is 24.4 Å². The largest absolute Gasteiger partial charge is 0.505 e. The van der Waals surface area contributed by atoms with Gasteiger partial charge in [-0.25, -0.2) is 4.39 Å². The summed E-state index contributed by atoms with van der Waals surface area (Å²) < 4.78 is 58.4. The molecule has 0 radical (unpaired) electrons. The number of likely N-dealkylation sites (N-methyl/N-ethyl adjacent to an activating group) is 1. The molecular formula is C17H14F4N2O2. The van der Waals surface area contributed by atoms with Gasteiger partial charge in [0, 0.05) is 42.8 Å². The zero-order chi connectivity index (χ0) is 17.9. The average molecular weight is 354 g/mol. The second kappa shape index (κ2) is 5.32. The van der Waals surface area contributed by atoms with Gasteiger partial charge in [0.05, 0.1) is 11.3 Å². The van der Waals surface area contributed by atoms with Gasteiger partial charge in [0.2, 0.25) is 0 Å². The highest BCUT2D eigenvalue weighted by Crippen LogP contribution is 2.50. The number of phenols is 1. The van der Waals surface area contributed by atoms with Crippen LogP contribution < -0.4 is 4.74 Å². The van der Waals surface area contributed by atoms with Gasteiger partial charge in [-0.2, -0.15) is 13.2 Å². The molecule has 0 saturated carbocycles. The van der Waals surface area contributed by atoms with Gasteiger partial charge >= 0.3 is 6.18 Å². The summed E-state index contributed by atoms with van der Waals surface area (Å²) in [6, 6.07) is 3.20. The molecule has 0 bridgehead atoms. The number of halogens is 4. The Morgan fingerprint density at radius 1 is 1.16 bits per heavy atom. The summed E-state index contributed by atoms with van der Waals surface area (Å²) in [6.45, 7) is 1.19. The summed E-state index contributed by atoms with van der Waals surface area (Å²) in [5, 5.41) is 9.71. The van der Waals surface area contributed by atoms with Crippen molar-refractivity contribution in [3.63, 3.8) is 0 Å². The molecule has 2 aromatic rings. The quantitative estimate of drug-likeness (QED) is 0.730. The topological polar surface area (TPSA) is 45.6 Å². The van der Waals surface area contributed by atoms with E-state index in [0.717, 1.165) is 18.3 Å². The fraction of sp³-hybridized carbons (Fsp3) is 0.353. The van der Waals surface area contributed by atoms with Crippen LogP contribution in [0.1, 0.15) is 28.7 Å². The van der Waals surface area contributed by atoms with E-state index in [-0.39, 0.29) is 23.3 Å². The Hall–Kier alpha value is -2.35. The van der Waals surface area contributed by atoms with E-state index in [4.69, 9.17) is 4.74 Å². The molecule has 0 amide bonds. The predicted octanol–water partition coefficient (Wildman–Crippen LogP) is 3.86. The summed E-state index contributed by atoms with van der Waals surface area (Å²) in [5.74, 6) is -1.66. The molecule has 2 atom stereocenters. The summed E-state index contributed by atoms with van der Waals surface area (Å²) in [4.78, 5) is 6.04. The number of benzene rings is 1. The van der Waals surface area contributed by atoms with Crippen LogP contribution >= 0.6 is 0 Å². The number of pyridine rings is 1. The number of alkyl halides is 3. The van der Waals surface area contributed by atoms with Crippen LogP contribution in [0.4, 0.5) is 17.6 Å². The molecule has 1 N–H and O–H groups in total. The van der Waals surface area contributed by atoms with Crippen LogP contribution in [0.25, 0.3) is 0 Å². The van der Waals surface area contributed by atoms with E-state index < -0.39 is 23.3 Å². The van der Waals surface area contributed by atoms with Crippen LogP contribution in [0.5, 0.6) is 17.2 Å². The van der Waals surface area contributed by atoms with Crippen molar-refractivity contribution in [3.8, 4) is 17.2 Å². The van der Waals surface area contributed by atoms with E-state index in [1.54, 1.807) is 0 Å². The van der Waals surface area contributed by atoms with Crippen molar-refractivity contribution in [3.05, 3.63) is 47.0 Å². The van der Waals surface area contributed by atoms with E-state index in [1.807, 2.05) is 11.9 Å². The summed E-state index contributed by atoms with van der Waals surface area (Å²) >= 11 is 0. The van der Waals surface area contributed by atoms with Gasteiger partial charge in [0.1, 0.15) is 11.5 Å². The molecule has 2 aliphatic heterocycles. The second-order valence-electron chi connectivity index (χ2n) is 6.48. The van der Waals surface area contributed by atoms with Crippen molar-refractivity contribution in [2.24, 2.45) is 0 Å². The third-order valence-electron chi connectivity index (χ3n) is 4.76. The molecule has 1 aromatic heterocycles. The van der Waals surface area contributed by atoms with Crippen LogP contribution in [-0.4, -0.2) is 35.1 Å². The Labute approximate surface area is 140 Å². The van der Waals surface area contributed by atoms with Gasteiger partial charge in [0.25, 0.3) is 0 Å². The number of hydrogen-bond donors (Lipinski definition) is 1. The Bertz CT molecular complexity index is 853. The molecule has 25 heavy (non-hydrogen) atoms. The molecule has 1 fully saturated rings. The number of rotatable bonds is 0. The first kappa shape index (κ1) is 16.1. The average Bonchev–Trinajstić information content (AvgIpc) is 2.86. The number of phenolic OH excluding ortho intramolecular Hbond substituents is 1. The van der Waals surface area contributed by atoms with Crippen LogP contribution in [0, 0.1) is 5.82 Å². The van der Waals surface area contributed by atoms with Crippen molar-refractivity contribution in [2.45, 2.75) is 18.0 Å². The lowest BCUT2D eigenvalue weighted by atomic mass is 9.86. The third-order valence-corrected chi connectivity index (χ3v) is 4.76. The lowest BCUT2D eigenvalue weighted by Crippen LogP contribution is -2.15. The van der Waals surface area contributed by atoms with E-state index in [0.29, 0.717) is 24.3 Å². The van der Waals surface area contributed by atoms with Gasteiger partial charge in [-0.3, -0.25) is 4.98 Å².